The first-order chi connectivity index (χ1) is 11.2. The van der Waals surface area contributed by atoms with Gasteiger partial charge >= 0.3 is 6.18 Å². The number of nitrogens with zero attached hydrogens (tertiary/aromatic N) is 1. The number of hydrogen-bond acceptors (Lipinski definition) is 3. The van der Waals surface area contributed by atoms with Crippen molar-refractivity contribution < 1.29 is 22.7 Å². The molecule has 134 valence electrons. The van der Waals surface area contributed by atoms with Crippen molar-refractivity contribution in [3.05, 3.63) is 29.8 Å². The van der Waals surface area contributed by atoms with Gasteiger partial charge in [-0.05, 0) is 44.7 Å². The molecule has 1 amide bonds. The summed E-state index contributed by atoms with van der Waals surface area (Å²) in [5.41, 5.74) is 5.00. The van der Waals surface area contributed by atoms with Gasteiger partial charge in [-0.1, -0.05) is 12.1 Å². The van der Waals surface area contributed by atoms with Gasteiger partial charge in [0.25, 0.3) is 5.91 Å². The predicted octanol–water partition coefficient (Wildman–Crippen LogP) is 3.06. The number of piperidine rings is 1. The van der Waals surface area contributed by atoms with Crippen LogP contribution in [0.15, 0.2) is 24.3 Å². The van der Waals surface area contributed by atoms with Gasteiger partial charge in [0.1, 0.15) is 5.75 Å². The maximum Gasteiger partial charge on any atom is 0.419 e. The van der Waals surface area contributed by atoms with E-state index < -0.39 is 17.8 Å². The van der Waals surface area contributed by atoms with Crippen molar-refractivity contribution in [1.29, 1.82) is 0 Å². The first-order valence-corrected chi connectivity index (χ1v) is 8.07. The Morgan fingerprint density at radius 3 is 2.38 bits per heavy atom. The molecule has 2 unspecified atom stereocenters. The number of nitrogens with two attached hydrogens (primary N) is 1. The number of carbonyl (C=O) groups excluding carboxylic acids is 1. The number of ether oxygens (including phenoxy) is 1. The van der Waals surface area contributed by atoms with Crippen LogP contribution in [0.3, 0.4) is 0 Å². The molecular formula is C17H23F3N2O2. The second-order valence-electron chi connectivity index (χ2n) is 6.28. The number of rotatable bonds is 4. The van der Waals surface area contributed by atoms with E-state index in [2.05, 4.69) is 0 Å². The Bertz CT molecular complexity index is 567. The fourth-order valence-corrected chi connectivity index (χ4v) is 2.95. The topological polar surface area (TPSA) is 55.6 Å². The number of benzene rings is 1. The molecule has 1 fully saturated rings. The molecule has 1 aliphatic heterocycles. The quantitative estimate of drug-likeness (QED) is 0.913. The minimum atomic E-state index is -4.52. The average molecular weight is 344 g/mol. The lowest BCUT2D eigenvalue weighted by molar-refractivity contribution is -0.144. The van der Waals surface area contributed by atoms with Crippen LogP contribution in [-0.4, -0.2) is 36.0 Å². The van der Waals surface area contributed by atoms with Crippen molar-refractivity contribution in [3.8, 4) is 5.75 Å². The monoisotopic (exact) mass is 344 g/mol. The van der Waals surface area contributed by atoms with Crippen molar-refractivity contribution in [2.75, 3.05) is 13.1 Å². The number of hydrogen-bond donors (Lipinski definition) is 1. The molecule has 0 aromatic heterocycles. The highest BCUT2D eigenvalue weighted by molar-refractivity contribution is 5.81. The Morgan fingerprint density at radius 1 is 1.25 bits per heavy atom. The molecule has 1 aliphatic rings. The summed E-state index contributed by atoms with van der Waals surface area (Å²) in [4.78, 5) is 14.1. The van der Waals surface area contributed by atoms with Crippen LogP contribution in [0.5, 0.6) is 5.75 Å². The van der Waals surface area contributed by atoms with E-state index in [1.54, 1.807) is 4.90 Å². The van der Waals surface area contributed by atoms with Gasteiger partial charge in [-0.3, -0.25) is 4.79 Å². The maximum atomic E-state index is 13.0. The zero-order valence-corrected chi connectivity index (χ0v) is 13.8. The fraction of sp³-hybridized carbons (Fsp3) is 0.588. The highest BCUT2D eigenvalue weighted by atomic mass is 19.4. The molecule has 2 rings (SSSR count). The normalized spacial score (nSPS) is 19.0. The van der Waals surface area contributed by atoms with Crippen LogP contribution in [-0.2, 0) is 11.0 Å². The second-order valence-corrected chi connectivity index (χ2v) is 6.28. The zero-order valence-electron chi connectivity index (χ0n) is 13.8. The molecule has 0 aliphatic carbocycles. The van der Waals surface area contributed by atoms with E-state index in [1.807, 2.05) is 6.92 Å². The first-order valence-electron chi connectivity index (χ1n) is 8.07. The van der Waals surface area contributed by atoms with E-state index in [0.29, 0.717) is 19.0 Å². The van der Waals surface area contributed by atoms with E-state index in [1.165, 1.54) is 25.1 Å². The van der Waals surface area contributed by atoms with Gasteiger partial charge in [0.15, 0.2) is 6.10 Å². The molecular weight excluding hydrogens is 321 g/mol. The summed E-state index contributed by atoms with van der Waals surface area (Å²) >= 11 is 0. The number of likely N-dealkylation sites (tertiary alicyclic amines) is 1. The first kappa shape index (κ1) is 18.6. The molecule has 24 heavy (non-hydrogen) atoms. The molecule has 0 spiro atoms. The maximum absolute atomic E-state index is 13.0. The number of alkyl halides is 3. The second kappa shape index (κ2) is 7.42. The van der Waals surface area contributed by atoms with Crippen LogP contribution >= 0.6 is 0 Å². The summed E-state index contributed by atoms with van der Waals surface area (Å²) < 4.78 is 44.3. The van der Waals surface area contributed by atoms with Crippen LogP contribution in [0.4, 0.5) is 13.2 Å². The van der Waals surface area contributed by atoms with E-state index in [0.717, 1.165) is 18.9 Å². The van der Waals surface area contributed by atoms with Crippen LogP contribution in [0.1, 0.15) is 32.3 Å². The highest BCUT2D eigenvalue weighted by Gasteiger charge is 2.35. The smallest absolute Gasteiger partial charge is 0.419 e. The SMILES string of the molecule is CC(Oc1ccccc1C(F)(F)F)C(=O)N1CCC(C(C)N)CC1. The average Bonchev–Trinajstić information content (AvgIpc) is 2.53. The Balaban J connectivity index is 2.01. The molecule has 0 bridgehead atoms. The van der Waals surface area contributed by atoms with Gasteiger partial charge < -0.3 is 15.4 Å². The molecule has 0 radical (unpaired) electrons. The molecule has 1 heterocycles. The minimum absolute atomic E-state index is 0.0783. The molecule has 2 atom stereocenters. The van der Waals surface area contributed by atoms with Crippen LogP contribution in [0, 0.1) is 5.92 Å². The Kier molecular flexibility index (Phi) is 5.74. The number of halogens is 3. The van der Waals surface area contributed by atoms with E-state index in [-0.39, 0.29) is 17.7 Å². The molecule has 7 heteroatoms. The van der Waals surface area contributed by atoms with E-state index in [9.17, 15) is 18.0 Å². The Labute approximate surface area is 139 Å². The highest BCUT2D eigenvalue weighted by Crippen LogP contribution is 2.36. The molecule has 1 saturated heterocycles. The third-order valence-corrected chi connectivity index (χ3v) is 4.44. The van der Waals surface area contributed by atoms with Gasteiger partial charge in [0.05, 0.1) is 5.56 Å². The summed E-state index contributed by atoms with van der Waals surface area (Å²) in [6.07, 6.45) is -3.89. The molecule has 4 nitrogen and oxygen atoms in total. The lowest BCUT2D eigenvalue weighted by Crippen LogP contribution is -2.47. The van der Waals surface area contributed by atoms with Crippen LogP contribution < -0.4 is 10.5 Å². The van der Waals surface area contributed by atoms with Crippen molar-refractivity contribution in [3.63, 3.8) is 0 Å². The summed E-state index contributed by atoms with van der Waals surface area (Å²) in [5, 5.41) is 0. The third kappa shape index (κ3) is 4.41. The predicted molar refractivity (Wildman–Crippen MR) is 84.5 cm³/mol. The lowest BCUT2D eigenvalue weighted by Gasteiger charge is -2.35. The van der Waals surface area contributed by atoms with Gasteiger partial charge in [-0.15, -0.1) is 0 Å². The number of carbonyl (C=O) groups is 1. The summed E-state index contributed by atoms with van der Waals surface area (Å²) in [6, 6.07) is 5.00. The standard InChI is InChI=1S/C17H23F3N2O2/c1-11(21)13-7-9-22(10-8-13)16(23)12(2)24-15-6-4-3-5-14(15)17(18,19)20/h3-6,11-13H,7-10,21H2,1-2H3. The minimum Gasteiger partial charge on any atom is -0.480 e. The third-order valence-electron chi connectivity index (χ3n) is 4.44. The molecule has 1 aromatic rings. The van der Waals surface area contributed by atoms with Crippen molar-refractivity contribution >= 4 is 5.91 Å². The van der Waals surface area contributed by atoms with Crippen LogP contribution in [0.25, 0.3) is 0 Å². The molecule has 1 aromatic carbocycles. The van der Waals surface area contributed by atoms with Crippen molar-refractivity contribution in [1.82, 2.24) is 4.90 Å². The van der Waals surface area contributed by atoms with Gasteiger partial charge in [0, 0.05) is 19.1 Å². The summed E-state index contributed by atoms with van der Waals surface area (Å²) in [7, 11) is 0. The Morgan fingerprint density at radius 2 is 1.83 bits per heavy atom. The molecule has 2 N–H and O–H groups in total. The van der Waals surface area contributed by atoms with Gasteiger partial charge in [0.2, 0.25) is 0 Å². The van der Waals surface area contributed by atoms with E-state index >= 15 is 0 Å². The fourth-order valence-electron chi connectivity index (χ4n) is 2.95. The van der Waals surface area contributed by atoms with Crippen LogP contribution in [0.2, 0.25) is 0 Å². The van der Waals surface area contributed by atoms with E-state index in [4.69, 9.17) is 10.5 Å². The lowest BCUT2D eigenvalue weighted by atomic mass is 9.91. The Hall–Kier alpha value is -1.76. The van der Waals surface area contributed by atoms with Gasteiger partial charge in [-0.2, -0.15) is 13.2 Å². The summed E-state index contributed by atoms with van der Waals surface area (Å²) in [6.45, 7) is 4.54. The zero-order chi connectivity index (χ0) is 17.9. The number of amides is 1. The van der Waals surface area contributed by atoms with Crippen molar-refractivity contribution in [2.24, 2.45) is 11.7 Å². The largest absolute Gasteiger partial charge is 0.480 e. The summed E-state index contributed by atoms with van der Waals surface area (Å²) in [5.74, 6) is -0.248. The van der Waals surface area contributed by atoms with Crippen molar-refractivity contribution in [2.45, 2.75) is 45.0 Å². The molecule has 0 saturated carbocycles. The van der Waals surface area contributed by atoms with Gasteiger partial charge in [-0.25, -0.2) is 0 Å². The number of para-hydroxylation sites is 1.